The van der Waals surface area contributed by atoms with E-state index in [1.807, 2.05) is 26.8 Å². The summed E-state index contributed by atoms with van der Waals surface area (Å²) in [7, 11) is 0. The molecule has 0 aliphatic carbocycles. The number of aromatic nitrogens is 1. The van der Waals surface area contributed by atoms with Crippen molar-refractivity contribution >= 4 is 23.4 Å². The number of ether oxygens (including phenoxy) is 1. The van der Waals surface area contributed by atoms with Gasteiger partial charge in [-0.2, -0.15) is 0 Å². The van der Waals surface area contributed by atoms with Gasteiger partial charge in [0, 0.05) is 13.1 Å². The molecule has 0 aromatic carbocycles. The number of carbonyl (C=O) groups is 1. The van der Waals surface area contributed by atoms with E-state index in [9.17, 15) is 4.79 Å². The highest BCUT2D eigenvalue weighted by atomic mass is 35.5. The fourth-order valence-corrected chi connectivity index (χ4v) is 2.62. The normalized spacial score (nSPS) is 22.3. The van der Waals surface area contributed by atoms with Crippen LogP contribution in [-0.2, 0) is 4.74 Å². The van der Waals surface area contributed by atoms with Crippen LogP contribution in [0.5, 0.6) is 0 Å². The molecule has 5 nitrogen and oxygen atoms in total. The molecule has 6 heteroatoms. The van der Waals surface area contributed by atoms with Gasteiger partial charge in [0.1, 0.15) is 10.8 Å². The molecule has 22 heavy (non-hydrogen) atoms. The van der Waals surface area contributed by atoms with E-state index in [2.05, 4.69) is 22.1 Å². The summed E-state index contributed by atoms with van der Waals surface area (Å²) in [5.74, 6) is 0.407. The highest BCUT2D eigenvalue weighted by Crippen LogP contribution is 2.24. The van der Waals surface area contributed by atoms with E-state index >= 15 is 0 Å². The molecule has 0 radical (unpaired) electrons. The number of pyridine rings is 1. The van der Waals surface area contributed by atoms with E-state index in [4.69, 9.17) is 16.3 Å². The van der Waals surface area contributed by atoms with Crippen LogP contribution in [0, 0.1) is 5.92 Å². The summed E-state index contributed by atoms with van der Waals surface area (Å²) in [4.78, 5) is 18.3. The van der Waals surface area contributed by atoms with Crippen molar-refractivity contribution in [2.45, 2.75) is 45.8 Å². The van der Waals surface area contributed by atoms with Crippen molar-refractivity contribution in [1.82, 2.24) is 10.3 Å². The number of carbonyl (C=O) groups excluding carboxylic acids is 1. The maximum Gasteiger partial charge on any atom is 0.407 e. The van der Waals surface area contributed by atoms with Gasteiger partial charge in [0.25, 0.3) is 0 Å². The maximum absolute atomic E-state index is 12.0. The van der Waals surface area contributed by atoms with Crippen LogP contribution < -0.4 is 10.2 Å². The average Bonchev–Trinajstić information content (AvgIpc) is 2.40. The predicted octanol–water partition coefficient (Wildman–Crippen LogP) is 3.47. The molecule has 2 atom stereocenters. The number of alkyl carbamates (subject to hydrolysis) is 1. The molecule has 1 N–H and O–H groups in total. The van der Waals surface area contributed by atoms with Gasteiger partial charge in [-0.05, 0) is 45.2 Å². The highest BCUT2D eigenvalue weighted by Gasteiger charge is 2.29. The first kappa shape index (κ1) is 16.9. The van der Waals surface area contributed by atoms with Crippen molar-refractivity contribution in [2.24, 2.45) is 5.92 Å². The minimum absolute atomic E-state index is 0.0549. The minimum Gasteiger partial charge on any atom is -0.444 e. The Morgan fingerprint density at radius 1 is 1.45 bits per heavy atom. The summed E-state index contributed by atoms with van der Waals surface area (Å²) < 4.78 is 5.35. The third kappa shape index (κ3) is 4.77. The maximum atomic E-state index is 12.0. The Labute approximate surface area is 137 Å². The molecule has 0 spiro atoms. The number of anilines is 1. The van der Waals surface area contributed by atoms with Crippen LogP contribution in [0.4, 0.5) is 10.5 Å². The van der Waals surface area contributed by atoms with Gasteiger partial charge in [-0.25, -0.2) is 9.78 Å². The Morgan fingerprint density at radius 3 is 2.77 bits per heavy atom. The van der Waals surface area contributed by atoms with Gasteiger partial charge < -0.3 is 15.0 Å². The molecular formula is C16H24ClN3O2. The number of amides is 1. The molecule has 122 valence electrons. The molecule has 1 saturated heterocycles. The molecule has 0 bridgehead atoms. The summed E-state index contributed by atoms with van der Waals surface area (Å²) in [6, 6.07) is 3.79. The van der Waals surface area contributed by atoms with E-state index in [0.29, 0.717) is 11.1 Å². The molecule has 1 aliphatic rings. The summed E-state index contributed by atoms with van der Waals surface area (Å²) in [6.45, 7) is 9.42. The molecular weight excluding hydrogens is 302 g/mol. The predicted molar refractivity (Wildman–Crippen MR) is 88.4 cm³/mol. The van der Waals surface area contributed by atoms with Crippen LogP contribution in [0.3, 0.4) is 0 Å². The lowest BCUT2D eigenvalue weighted by atomic mass is 9.93. The quantitative estimate of drug-likeness (QED) is 0.846. The van der Waals surface area contributed by atoms with Crippen molar-refractivity contribution in [3.05, 3.63) is 23.5 Å². The summed E-state index contributed by atoms with van der Waals surface area (Å²) in [6.07, 6.45) is 2.41. The first-order chi connectivity index (χ1) is 10.2. The van der Waals surface area contributed by atoms with Crippen molar-refractivity contribution in [3.8, 4) is 0 Å². The van der Waals surface area contributed by atoms with Crippen molar-refractivity contribution < 1.29 is 9.53 Å². The smallest absolute Gasteiger partial charge is 0.407 e. The fraction of sp³-hybridized carbons (Fsp3) is 0.625. The van der Waals surface area contributed by atoms with E-state index in [1.54, 1.807) is 12.3 Å². The van der Waals surface area contributed by atoms with Crippen LogP contribution in [0.25, 0.3) is 0 Å². The van der Waals surface area contributed by atoms with Crippen molar-refractivity contribution in [2.75, 3.05) is 18.0 Å². The lowest BCUT2D eigenvalue weighted by Gasteiger charge is -2.38. The molecule has 1 aromatic rings. The second-order valence-corrected chi connectivity index (χ2v) is 7.19. The first-order valence-electron chi connectivity index (χ1n) is 7.60. The van der Waals surface area contributed by atoms with Gasteiger partial charge >= 0.3 is 6.09 Å². The second kappa shape index (κ2) is 6.73. The van der Waals surface area contributed by atoms with Gasteiger partial charge in [0.2, 0.25) is 0 Å². The Morgan fingerprint density at radius 2 is 2.18 bits per heavy atom. The van der Waals surface area contributed by atoms with Crippen molar-refractivity contribution in [1.29, 1.82) is 0 Å². The summed E-state index contributed by atoms with van der Waals surface area (Å²) in [5.41, 5.74) is 0.536. The summed E-state index contributed by atoms with van der Waals surface area (Å²) in [5, 5.41) is 3.47. The number of hydrogen-bond acceptors (Lipinski definition) is 4. The van der Waals surface area contributed by atoms with Gasteiger partial charge in [-0.3, -0.25) is 0 Å². The third-order valence-corrected chi connectivity index (χ3v) is 3.96. The van der Waals surface area contributed by atoms with Crippen LogP contribution in [-0.4, -0.2) is 35.8 Å². The number of hydrogen-bond donors (Lipinski definition) is 1. The zero-order valence-electron chi connectivity index (χ0n) is 13.6. The van der Waals surface area contributed by atoms with Crippen LogP contribution >= 0.6 is 11.6 Å². The van der Waals surface area contributed by atoms with E-state index in [0.717, 1.165) is 25.2 Å². The molecule has 1 fully saturated rings. The SMILES string of the molecule is C[C@H]1CCN(c2ccc(Cl)nc2)C[C@@H]1NC(=O)OC(C)(C)C. The minimum atomic E-state index is -0.484. The highest BCUT2D eigenvalue weighted by molar-refractivity contribution is 6.29. The second-order valence-electron chi connectivity index (χ2n) is 6.80. The lowest BCUT2D eigenvalue weighted by Crippen LogP contribution is -2.52. The largest absolute Gasteiger partial charge is 0.444 e. The summed E-state index contributed by atoms with van der Waals surface area (Å²) >= 11 is 5.83. The Bertz CT molecular complexity index is 513. The van der Waals surface area contributed by atoms with Gasteiger partial charge in [-0.15, -0.1) is 0 Å². The van der Waals surface area contributed by atoms with Crippen LogP contribution in [0.2, 0.25) is 5.15 Å². The first-order valence-corrected chi connectivity index (χ1v) is 7.98. The average molecular weight is 326 g/mol. The monoisotopic (exact) mass is 325 g/mol. The Balaban J connectivity index is 1.99. The zero-order chi connectivity index (χ0) is 16.3. The molecule has 0 unspecified atom stereocenters. The third-order valence-electron chi connectivity index (χ3n) is 3.74. The van der Waals surface area contributed by atoms with E-state index in [1.165, 1.54) is 0 Å². The molecule has 1 aliphatic heterocycles. The van der Waals surface area contributed by atoms with E-state index < -0.39 is 5.60 Å². The zero-order valence-corrected chi connectivity index (χ0v) is 14.4. The van der Waals surface area contributed by atoms with Gasteiger partial charge in [0.15, 0.2) is 0 Å². The number of halogens is 1. The van der Waals surface area contributed by atoms with Gasteiger partial charge in [-0.1, -0.05) is 18.5 Å². The number of rotatable bonds is 2. The number of nitrogens with one attached hydrogen (secondary N) is 1. The fourth-order valence-electron chi connectivity index (χ4n) is 2.51. The molecule has 1 amide bonds. The lowest BCUT2D eigenvalue weighted by molar-refractivity contribution is 0.0483. The molecule has 1 aromatic heterocycles. The molecule has 0 saturated carbocycles. The van der Waals surface area contributed by atoms with Crippen molar-refractivity contribution in [3.63, 3.8) is 0 Å². The molecule has 2 rings (SSSR count). The number of nitrogens with zero attached hydrogens (tertiary/aromatic N) is 2. The topological polar surface area (TPSA) is 54.5 Å². The van der Waals surface area contributed by atoms with E-state index in [-0.39, 0.29) is 12.1 Å². The Kier molecular flexibility index (Phi) is 5.16. The molecule has 2 heterocycles. The van der Waals surface area contributed by atoms with Crippen LogP contribution in [0.15, 0.2) is 18.3 Å². The number of piperidine rings is 1. The van der Waals surface area contributed by atoms with Gasteiger partial charge in [0.05, 0.1) is 17.9 Å². The van der Waals surface area contributed by atoms with Crippen LogP contribution in [0.1, 0.15) is 34.1 Å². The standard InChI is InChI=1S/C16H24ClN3O2/c1-11-7-8-20(12-5-6-14(17)18-9-12)10-13(11)19-15(21)22-16(2,3)4/h5-6,9,11,13H,7-8,10H2,1-4H3,(H,19,21)/t11-,13-/m0/s1. The Hall–Kier alpha value is -1.49.